The zero-order valence-corrected chi connectivity index (χ0v) is 11.2. The minimum Gasteiger partial charge on any atom is -0.488 e. The summed E-state index contributed by atoms with van der Waals surface area (Å²) in [6.45, 7) is 5.78. The van der Waals surface area contributed by atoms with Crippen molar-refractivity contribution < 1.29 is 14.2 Å². The van der Waals surface area contributed by atoms with Crippen molar-refractivity contribution in [2.45, 2.75) is 26.9 Å². The highest BCUT2D eigenvalue weighted by Gasteiger charge is 2.23. The molecule has 0 saturated carbocycles. The van der Waals surface area contributed by atoms with Crippen LogP contribution in [-0.2, 0) is 0 Å². The van der Waals surface area contributed by atoms with E-state index in [4.69, 9.17) is 4.74 Å². The third-order valence-electron chi connectivity index (χ3n) is 2.29. The van der Waals surface area contributed by atoms with Gasteiger partial charge in [-0.05, 0) is 23.6 Å². The summed E-state index contributed by atoms with van der Waals surface area (Å²) in [7, 11) is 0. The number of aliphatic hydroxyl groups is 1. The van der Waals surface area contributed by atoms with E-state index < -0.39 is 11.9 Å². The minimum absolute atomic E-state index is 0.0802. The van der Waals surface area contributed by atoms with Gasteiger partial charge in [-0.2, -0.15) is 0 Å². The molecule has 4 heteroatoms. The molecule has 0 bridgehead atoms. The van der Waals surface area contributed by atoms with Crippen molar-refractivity contribution in [3.63, 3.8) is 0 Å². The zero-order valence-electron chi connectivity index (χ0n) is 9.63. The van der Waals surface area contributed by atoms with Crippen LogP contribution in [0.25, 0.3) is 0 Å². The Kier molecular flexibility index (Phi) is 4.33. The standard InChI is InChI=1S/C12H16BrFO2/c1-12(2,3)11(15)7-16-10-6-8(13)4-5-9(10)14/h4-6,11,15H,7H2,1-3H3. The fraction of sp³-hybridized carbons (Fsp3) is 0.500. The summed E-state index contributed by atoms with van der Waals surface area (Å²) in [5.74, 6) is -0.276. The van der Waals surface area contributed by atoms with Gasteiger partial charge in [0, 0.05) is 4.47 Å². The molecule has 0 radical (unpaired) electrons. The Hall–Kier alpha value is -0.610. The van der Waals surface area contributed by atoms with Crippen molar-refractivity contribution >= 4 is 15.9 Å². The maximum atomic E-state index is 13.3. The number of hydrogen-bond acceptors (Lipinski definition) is 2. The number of aliphatic hydroxyl groups excluding tert-OH is 1. The Morgan fingerprint density at radius 2 is 2.06 bits per heavy atom. The lowest BCUT2D eigenvalue weighted by molar-refractivity contribution is 0.0207. The molecule has 0 heterocycles. The van der Waals surface area contributed by atoms with Crippen LogP contribution in [0.5, 0.6) is 5.75 Å². The molecule has 1 unspecified atom stereocenters. The monoisotopic (exact) mass is 290 g/mol. The number of hydrogen-bond donors (Lipinski definition) is 1. The van der Waals surface area contributed by atoms with Gasteiger partial charge in [0.25, 0.3) is 0 Å². The molecule has 2 nitrogen and oxygen atoms in total. The number of halogens is 2. The smallest absolute Gasteiger partial charge is 0.165 e. The van der Waals surface area contributed by atoms with E-state index in [0.717, 1.165) is 4.47 Å². The van der Waals surface area contributed by atoms with E-state index in [1.54, 1.807) is 12.1 Å². The van der Waals surface area contributed by atoms with Crippen LogP contribution in [0.2, 0.25) is 0 Å². The fourth-order valence-electron chi connectivity index (χ4n) is 1.01. The SMILES string of the molecule is CC(C)(C)C(O)COc1cc(Br)ccc1F. The Labute approximate surface area is 104 Å². The molecule has 90 valence electrons. The second-order valence-electron chi connectivity index (χ2n) is 4.77. The van der Waals surface area contributed by atoms with Crippen molar-refractivity contribution in [1.29, 1.82) is 0 Å². The first kappa shape index (κ1) is 13.5. The predicted molar refractivity (Wildman–Crippen MR) is 65.1 cm³/mol. The molecule has 1 aromatic rings. The molecule has 0 saturated heterocycles. The van der Waals surface area contributed by atoms with Gasteiger partial charge in [-0.3, -0.25) is 0 Å². The normalized spacial score (nSPS) is 13.6. The molecule has 1 N–H and O–H groups in total. The second-order valence-corrected chi connectivity index (χ2v) is 5.68. The van der Waals surface area contributed by atoms with E-state index in [1.807, 2.05) is 20.8 Å². The Bertz CT molecular complexity index is 361. The van der Waals surface area contributed by atoms with Crippen LogP contribution in [-0.4, -0.2) is 17.8 Å². The highest BCUT2D eigenvalue weighted by molar-refractivity contribution is 9.10. The lowest BCUT2D eigenvalue weighted by Crippen LogP contribution is -2.32. The van der Waals surface area contributed by atoms with Crippen LogP contribution >= 0.6 is 15.9 Å². The molecule has 16 heavy (non-hydrogen) atoms. The molecule has 1 atom stereocenters. The van der Waals surface area contributed by atoms with E-state index in [1.165, 1.54) is 6.07 Å². The summed E-state index contributed by atoms with van der Waals surface area (Å²) in [5, 5.41) is 9.75. The van der Waals surface area contributed by atoms with E-state index in [9.17, 15) is 9.50 Å². The highest BCUT2D eigenvalue weighted by atomic mass is 79.9. The van der Waals surface area contributed by atoms with Gasteiger partial charge in [0.2, 0.25) is 0 Å². The number of benzene rings is 1. The van der Waals surface area contributed by atoms with Crippen LogP contribution in [0.3, 0.4) is 0 Å². The summed E-state index contributed by atoms with van der Waals surface area (Å²) < 4.78 is 19.3. The van der Waals surface area contributed by atoms with Crippen molar-refractivity contribution in [3.8, 4) is 5.75 Å². The highest BCUT2D eigenvalue weighted by Crippen LogP contribution is 2.24. The number of rotatable bonds is 3. The van der Waals surface area contributed by atoms with Crippen LogP contribution in [0, 0.1) is 11.2 Å². The van der Waals surface area contributed by atoms with Gasteiger partial charge in [0.1, 0.15) is 6.61 Å². The van der Waals surface area contributed by atoms with Gasteiger partial charge in [-0.25, -0.2) is 4.39 Å². The maximum Gasteiger partial charge on any atom is 0.165 e. The summed E-state index contributed by atoms with van der Waals surface area (Å²) in [5.41, 5.74) is -0.275. The van der Waals surface area contributed by atoms with E-state index >= 15 is 0 Å². The Balaban J connectivity index is 2.64. The summed E-state index contributed by atoms with van der Waals surface area (Å²) >= 11 is 3.23. The molecule has 1 rings (SSSR count). The molecule has 0 aliphatic carbocycles. The first-order valence-corrected chi connectivity index (χ1v) is 5.86. The Morgan fingerprint density at radius 1 is 1.44 bits per heavy atom. The summed E-state index contributed by atoms with van der Waals surface area (Å²) in [6, 6.07) is 4.47. The minimum atomic E-state index is -0.633. The quantitative estimate of drug-likeness (QED) is 0.925. The lowest BCUT2D eigenvalue weighted by Gasteiger charge is -2.25. The van der Waals surface area contributed by atoms with Crippen LogP contribution in [0.4, 0.5) is 4.39 Å². The molecular weight excluding hydrogens is 275 g/mol. The first-order chi connectivity index (χ1) is 7.30. The largest absolute Gasteiger partial charge is 0.488 e. The summed E-state index contributed by atoms with van der Waals surface area (Å²) in [4.78, 5) is 0. The zero-order chi connectivity index (χ0) is 12.3. The predicted octanol–water partition coefficient (Wildman–Crippen LogP) is 3.37. The van der Waals surface area contributed by atoms with Crippen LogP contribution < -0.4 is 4.74 Å². The average molecular weight is 291 g/mol. The van der Waals surface area contributed by atoms with Gasteiger partial charge in [0.05, 0.1) is 6.10 Å². The van der Waals surface area contributed by atoms with E-state index in [0.29, 0.717) is 0 Å². The van der Waals surface area contributed by atoms with Crippen molar-refractivity contribution in [2.24, 2.45) is 5.41 Å². The molecule has 0 aliphatic heterocycles. The second kappa shape index (κ2) is 5.15. The third kappa shape index (κ3) is 3.76. The van der Waals surface area contributed by atoms with Crippen molar-refractivity contribution in [2.75, 3.05) is 6.61 Å². The summed E-state index contributed by atoms with van der Waals surface area (Å²) in [6.07, 6.45) is -0.633. The first-order valence-electron chi connectivity index (χ1n) is 5.06. The van der Waals surface area contributed by atoms with Gasteiger partial charge >= 0.3 is 0 Å². The van der Waals surface area contributed by atoms with E-state index in [-0.39, 0.29) is 17.8 Å². The van der Waals surface area contributed by atoms with Crippen LogP contribution in [0.1, 0.15) is 20.8 Å². The molecule has 0 amide bonds. The Morgan fingerprint density at radius 3 is 2.62 bits per heavy atom. The van der Waals surface area contributed by atoms with Gasteiger partial charge in [-0.15, -0.1) is 0 Å². The molecule has 1 aromatic carbocycles. The lowest BCUT2D eigenvalue weighted by atomic mass is 9.90. The number of ether oxygens (including phenoxy) is 1. The molecule has 0 aromatic heterocycles. The molecular formula is C12H16BrFO2. The molecule has 0 fully saturated rings. The van der Waals surface area contributed by atoms with Gasteiger partial charge in [-0.1, -0.05) is 36.7 Å². The topological polar surface area (TPSA) is 29.5 Å². The third-order valence-corrected chi connectivity index (χ3v) is 2.78. The average Bonchev–Trinajstić information content (AvgIpc) is 2.17. The van der Waals surface area contributed by atoms with Gasteiger partial charge < -0.3 is 9.84 Å². The fourth-order valence-corrected chi connectivity index (χ4v) is 1.35. The van der Waals surface area contributed by atoms with Crippen molar-refractivity contribution in [3.05, 3.63) is 28.5 Å². The molecule has 0 spiro atoms. The maximum absolute atomic E-state index is 13.3. The van der Waals surface area contributed by atoms with Crippen LogP contribution in [0.15, 0.2) is 22.7 Å². The molecule has 0 aliphatic rings. The van der Waals surface area contributed by atoms with Gasteiger partial charge in [0.15, 0.2) is 11.6 Å². The van der Waals surface area contributed by atoms with E-state index in [2.05, 4.69) is 15.9 Å². The van der Waals surface area contributed by atoms with Crippen molar-refractivity contribution in [1.82, 2.24) is 0 Å².